The summed E-state index contributed by atoms with van der Waals surface area (Å²) in [6, 6.07) is 2.27. The van der Waals surface area contributed by atoms with E-state index in [-0.39, 0.29) is 12.2 Å². The number of hydrogen-bond acceptors (Lipinski definition) is 5. The molecule has 2 amide bonds. The van der Waals surface area contributed by atoms with Crippen molar-refractivity contribution >= 4 is 28.7 Å². The van der Waals surface area contributed by atoms with Crippen LogP contribution >= 0.6 is 0 Å². The fourth-order valence-corrected chi connectivity index (χ4v) is 3.58. The lowest BCUT2D eigenvalue weighted by atomic mass is 10.0. The van der Waals surface area contributed by atoms with E-state index >= 15 is 0 Å². The molecule has 9 heteroatoms. The van der Waals surface area contributed by atoms with Gasteiger partial charge >= 0.3 is 5.97 Å². The van der Waals surface area contributed by atoms with Crippen molar-refractivity contribution in [2.24, 2.45) is 5.73 Å². The molecule has 28 heavy (non-hydrogen) atoms. The number of nitrogens with zero attached hydrogens (tertiary/aromatic N) is 1. The number of fused-ring (bicyclic) bond motifs is 1. The van der Waals surface area contributed by atoms with Crippen LogP contribution < -0.4 is 11.1 Å². The van der Waals surface area contributed by atoms with Crippen LogP contribution in [-0.2, 0) is 20.8 Å². The third-order valence-electron chi connectivity index (χ3n) is 5.08. The second kappa shape index (κ2) is 7.89. The Labute approximate surface area is 161 Å². The van der Waals surface area contributed by atoms with Crippen molar-refractivity contribution < 1.29 is 24.6 Å². The average molecular weight is 388 g/mol. The summed E-state index contributed by atoms with van der Waals surface area (Å²) in [6.45, 7) is 1.88. The number of aromatic hydroxyl groups is 1. The number of nitrogens with one attached hydrogen (secondary N) is 2. The molecule has 9 nitrogen and oxygen atoms in total. The number of amides is 2. The minimum atomic E-state index is -1.04. The summed E-state index contributed by atoms with van der Waals surface area (Å²) in [6.07, 6.45) is 2.98. The molecule has 2 aromatic rings. The van der Waals surface area contributed by atoms with Gasteiger partial charge in [-0.25, -0.2) is 4.79 Å². The Kier molecular flexibility index (Phi) is 5.55. The molecule has 1 aliphatic heterocycles. The summed E-state index contributed by atoms with van der Waals surface area (Å²) in [5.41, 5.74) is 7.60. The van der Waals surface area contributed by atoms with Gasteiger partial charge in [-0.05, 0) is 49.9 Å². The first-order valence-electron chi connectivity index (χ1n) is 9.16. The van der Waals surface area contributed by atoms with Crippen LogP contribution in [0.15, 0.2) is 24.4 Å². The van der Waals surface area contributed by atoms with Gasteiger partial charge in [-0.3, -0.25) is 9.59 Å². The van der Waals surface area contributed by atoms with Gasteiger partial charge in [0.2, 0.25) is 11.8 Å². The van der Waals surface area contributed by atoms with Crippen LogP contribution in [0.2, 0.25) is 0 Å². The van der Waals surface area contributed by atoms with Gasteiger partial charge in [0.1, 0.15) is 17.8 Å². The number of nitrogens with two attached hydrogens (primary N) is 1. The van der Waals surface area contributed by atoms with Crippen LogP contribution in [0.25, 0.3) is 10.9 Å². The first-order chi connectivity index (χ1) is 13.3. The number of phenols is 1. The molecule has 0 unspecified atom stereocenters. The van der Waals surface area contributed by atoms with Gasteiger partial charge in [0.15, 0.2) is 0 Å². The smallest absolute Gasteiger partial charge is 0.326 e. The van der Waals surface area contributed by atoms with Crippen molar-refractivity contribution in [3.05, 3.63) is 30.0 Å². The second-order valence-electron chi connectivity index (χ2n) is 7.11. The predicted molar refractivity (Wildman–Crippen MR) is 102 cm³/mol. The number of hydrogen-bond donors (Lipinski definition) is 5. The Balaban J connectivity index is 1.62. The van der Waals surface area contributed by atoms with Crippen molar-refractivity contribution in [1.82, 2.24) is 15.2 Å². The molecule has 1 aromatic carbocycles. The highest BCUT2D eigenvalue weighted by molar-refractivity contribution is 5.92. The van der Waals surface area contributed by atoms with Crippen LogP contribution in [0, 0.1) is 0 Å². The number of aliphatic carboxylic acids is 1. The van der Waals surface area contributed by atoms with Crippen LogP contribution in [0.3, 0.4) is 0 Å². The minimum Gasteiger partial charge on any atom is -0.508 e. The van der Waals surface area contributed by atoms with E-state index in [1.54, 1.807) is 24.4 Å². The number of carboxylic acid groups (broad SMARTS) is 1. The maximum absolute atomic E-state index is 12.5. The average Bonchev–Trinajstić information content (AvgIpc) is 3.28. The summed E-state index contributed by atoms with van der Waals surface area (Å²) in [7, 11) is 0. The summed E-state index contributed by atoms with van der Waals surface area (Å²) >= 11 is 0. The lowest BCUT2D eigenvalue weighted by Crippen LogP contribution is -2.53. The van der Waals surface area contributed by atoms with Crippen LogP contribution in [0.5, 0.6) is 5.75 Å². The van der Waals surface area contributed by atoms with Crippen LogP contribution in [0.4, 0.5) is 0 Å². The molecule has 0 spiro atoms. The molecular formula is C19H24N4O5. The summed E-state index contributed by atoms with van der Waals surface area (Å²) < 4.78 is 0. The monoisotopic (exact) mass is 388 g/mol. The van der Waals surface area contributed by atoms with Gasteiger partial charge < -0.3 is 31.1 Å². The maximum Gasteiger partial charge on any atom is 0.326 e. The molecule has 0 aliphatic carbocycles. The van der Waals surface area contributed by atoms with Gasteiger partial charge in [0, 0.05) is 23.6 Å². The minimum absolute atomic E-state index is 0.115. The summed E-state index contributed by atoms with van der Waals surface area (Å²) in [5.74, 6) is -1.85. The normalized spacial score (nSPS) is 18.8. The predicted octanol–water partition coefficient (Wildman–Crippen LogP) is 0.324. The van der Waals surface area contributed by atoms with Gasteiger partial charge in [-0.2, -0.15) is 0 Å². The number of benzene rings is 1. The lowest BCUT2D eigenvalue weighted by molar-refractivity contribution is -0.149. The molecule has 0 bridgehead atoms. The van der Waals surface area contributed by atoms with E-state index in [0.29, 0.717) is 19.4 Å². The molecule has 1 aromatic heterocycles. The number of carboxylic acids is 1. The highest BCUT2D eigenvalue weighted by atomic mass is 16.4. The topological polar surface area (TPSA) is 149 Å². The fraction of sp³-hybridized carbons (Fsp3) is 0.421. The Morgan fingerprint density at radius 3 is 2.86 bits per heavy atom. The largest absolute Gasteiger partial charge is 0.508 e. The number of aromatic nitrogens is 1. The van der Waals surface area contributed by atoms with E-state index in [0.717, 1.165) is 16.5 Å². The zero-order valence-corrected chi connectivity index (χ0v) is 15.5. The SMILES string of the molecule is C[C@H](NC(=O)[C@@H](N)Cc1c[nH]c2ccc(O)cc12)C(=O)N1CCC[C@H]1C(=O)O. The molecule has 150 valence electrons. The summed E-state index contributed by atoms with van der Waals surface area (Å²) in [5, 5.41) is 22.2. The van der Waals surface area contributed by atoms with E-state index < -0.39 is 35.9 Å². The van der Waals surface area contributed by atoms with E-state index in [1.165, 1.54) is 11.8 Å². The van der Waals surface area contributed by atoms with Crippen LogP contribution in [0.1, 0.15) is 25.3 Å². The number of phenolic OH excluding ortho intramolecular Hbond substituents is 1. The number of likely N-dealkylation sites (tertiary alicyclic amines) is 1. The molecule has 2 heterocycles. The van der Waals surface area contributed by atoms with E-state index in [1.807, 2.05) is 0 Å². The molecule has 1 saturated heterocycles. The van der Waals surface area contributed by atoms with Crippen molar-refractivity contribution in [2.75, 3.05) is 6.54 Å². The highest BCUT2D eigenvalue weighted by Crippen LogP contribution is 2.24. The quantitative estimate of drug-likeness (QED) is 0.481. The molecule has 3 rings (SSSR count). The van der Waals surface area contributed by atoms with Gasteiger partial charge in [-0.15, -0.1) is 0 Å². The zero-order chi connectivity index (χ0) is 20.4. The van der Waals surface area contributed by atoms with Crippen LogP contribution in [-0.4, -0.2) is 62.6 Å². The lowest BCUT2D eigenvalue weighted by Gasteiger charge is -2.26. The fourth-order valence-electron chi connectivity index (χ4n) is 3.58. The van der Waals surface area contributed by atoms with Gasteiger partial charge in [0.05, 0.1) is 6.04 Å². The zero-order valence-electron chi connectivity index (χ0n) is 15.5. The number of H-pyrrole nitrogens is 1. The molecular weight excluding hydrogens is 364 g/mol. The molecule has 1 aliphatic rings. The Morgan fingerprint density at radius 2 is 2.14 bits per heavy atom. The van der Waals surface area contributed by atoms with E-state index in [2.05, 4.69) is 10.3 Å². The highest BCUT2D eigenvalue weighted by Gasteiger charge is 2.36. The number of carbonyl (C=O) groups is 3. The first-order valence-corrected chi connectivity index (χ1v) is 9.16. The number of carbonyl (C=O) groups excluding carboxylic acids is 2. The van der Waals surface area contributed by atoms with E-state index in [9.17, 15) is 24.6 Å². The van der Waals surface area contributed by atoms with Crippen molar-refractivity contribution in [2.45, 2.75) is 44.3 Å². The second-order valence-corrected chi connectivity index (χ2v) is 7.11. The standard InChI is InChI=1S/C19H24N4O5/c1-10(18(26)23-6-2-3-16(23)19(27)28)22-17(25)14(20)7-11-9-21-15-5-4-12(24)8-13(11)15/h4-5,8-10,14,16,21,24H,2-3,6-7,20H2,1H3,(H,22,25)(H,27,28)/t10-,14-,16-/m0/s1. The Hall–Kier alpha value is -3.07. The first kappa shape index (κ1) is 19.7. The molecule has 1 fully saturated rings. The summed E-state index contributed by atoms with van der Waals surface area (Å²) in [4.78, 5) is 40.6. The van der Waals surface area contributed by atoms with Gasteiger partial charge in [-0.1, -0.05) is 0 Å². The maximum atomic E-state index is 12.5. The Bertz CT molecular complexity index is 909. The Morgan fingerprint density at radius 1 is 1.39 bits per heavy atom. The van der Waals surface area contributed by atoms with Gasteiger partial charge in [0.25, 0.3) is 0 Å². The molecule has 3 atom stereocenters. The third-order valence-corrected chi connectivity index (χ3v) is 5.08. The number of rotatable bonds is 6. The molecule has 0 radical (unpaired) electrons. The van der Waals surface area contributed by atoms with E-state index in [4.69, 9.17) is 5.73 Å². The van der Waals surface area contributed by atoms with Crippen molar-refractivity contribution in [1.29, 1.82) is 0 Å². The third kappa shape index (κ3) is 3.94. The molecule has 6 N–H and O–H groups in total. The van der Waals surface area contributed by atoms with Crippen molar-refractivity contribution in [3.63, 3.8) is 0 Å². The number of aromatic amines is 1. The van der Waals surface area contributed by atoms with Crippen molar-refractivity contribution in [3.8, 4) is 5.75 Å². The molecule has 0 saturated carbocycles.